The Labute approximate surface area is 77.6 Å². The van der Waals surface area contributed by atoms with Crippen molar-refractivity contribution in [3.8, 4) is 0 Å². The topological polar surface area (TPSA) is 38.9 Å². The second-order valence-electron chi connectivity index (χ2n) is 2.85. The lowest BCUT2D eigenvalue weighted by Gasteiger charge is -2.03. The molecule has 0 fully saturated rings. The molecule has 1 rings (SSSR count). The van der Waals surface area contributed by atoms with Crippen LogP contribution in [0.5, 0.6) is 0 Å². The van der Waals surface area contributed by atoms with Gasteiger partial charge < -0.3 is 5.73 Å². The van der Waals surface area contributed by atoms with Crippen LogP contribution in [-0.4, -0.2) is 16.8 Å². The van der Waals surface area contributed by atoms with Gasteiger partial charge >= 0.3 is 0 Å². The molecule has 1 unspecified atom stereocenters. The molecule has 0 spiro atoms. The zero-order valence-electron chi connectivity index (χ0n) is 7.23. The third-order valence-electron chi connectivity index (χ3n) is 1.40. The van der Waals surface area contributed by atoms with E-state index in [-0.39, 0.29) is 6.04 Å². The van der Waals surface area contributed by atoms with E-state index in [4.69, 9.17) is 5.73 Å². The van der Waals surface area contributed by atoms with Crippen molar-refractivity contribution in [2.45, 2.75) is 18.7 Å². The molecule has 0 aliphatic heterocycles. The monoisotopic (exact) mass is 182 g/mol. The number of hydrogen-bond acceptors (Lipinski definition) is 3. The average molecular weight is 182 g/mol. The summed E-state index contributed by atoms with van der Waals surface area (Å²) in [7, 11) is 0. The molecule has 0 saturated carbocycles. The van der Waals surface area contributed by atoms with Crippen molar-refractivity contribution in [3.05, 3.63) is 30.1 Å². The summed E-state index contributed by atoms with van der Waals surface area (Å²) in [5.74, 6) is 2.05. The number of rotatable bonds is 4. The summed E-state index contributed by atoms with van der Waals surface area (Å²) in [6.07, 6.45) is 3.64. The van der Waals surface area contributed by atoms with Crippen molar-refractivity contribution < 1.29 is 0 Å². The molecule has 2 nitrogen and oxygen atoms in total. The highest BCUT2D eigenvalue weighted by Crippen LogP contribution is 2.10. The molecular formula is C9H14N2S. The van der Waals surface area contributed by atoms with Gasteiger partial charge in [0.25, 0.3) is 0 Å². The normalized spacial score (nSPS) is 12.8. The number of thioether (sulfide) groups is 1. The van der Waals surface area contributed by atoms with Gasteiger partial charge in [0.1, 0.15) is 0 Å². The van der Waals surface area contributed by atoms with Gasteiger partial charge in [-0.05, 0) is 24.6 Å². The Morgan fingerprint density at radius 2 is 2.17 bits per heavy atom. The standard InChI is InChI=1S/C9H14N2S/c1-8(10)6-12-7-9-2-4-11-5-3-9/h2-5,8H,6-7,10H2,1H3. The lowest BCUT2D eigenvalue weighted by atomic mass is 10.3. The number of hydrogen-bond donors (Lipinski definition) is 1. The first kappa shape index (κ1) is 9.55. The first-order valence-corrected chi connectivity index (χ1v) is 5.16. The van der Waals surface area contributed by atoms with Crippen LogP contribution in [0, 0.1) is 0 Å². The Hall–Kier alpha value is -0.540. The second kappa shape index (κ2) is 5.17. The molecule has 0 bridgehead atoms. The Bertz CT molecular complexity index is 211. The van der Waals surface area contributed by atoms with Gasteiger partial charge in [-0.2, -0.15) is 11.8 Å². The molecule has 0 amide bonds. The van der Waals surface area contributed by atoms with E-state index in [1.165, 1.54) is 5.56 Å². The molecule has 0 aromatic carbocycles. The second-order valence-corrected chi connectivity index (χ2v) is 3.88. The maximum absolute atomic E-state index is 5.62. The lowest BCUT2D eigenvalue weighted by molar-refractivity contribution is 0.847. The van der Waals surface area contributed by atoms with Gasteiger partial charge in [-0.3, -0.25) is 4.98 Å². The van der Waals surface area contributed by atoms with Crippen molar-refractivity contribution in [2.24, 2.45) is 5.73 Å². The van der Waals surface area contributed by atoms with E-state index in [0.29, 0.717) is 0 Å². The quantitative estimate of drug-likeness (QED) is 0.769. The van der Waals surface area contributed by atoms with Crippen molar-refractivity contribution in [3.63, 3.8) is 0 Å². The first-order chi connectivity index (χ1) is 5.79. The molecule has 0 radical (unpaired) electrons. The van der Waals surface area contributed by atoms with Gasteiger partial charge in [-0.1, -0.05) is 0 Å². The minimum atomic E-state index is 0.289. The number of nitrogens with two attached hydrogens (primary N) is 1. The predicted octanol–water partition coefficient (Wildman–Crippen LogP) is 1.66. The van der Waals surface area contributed by atoms with Crippen LogP contribution in [0.15, 0.2) is 24.5 Å². The SMILES string of the molecule is CC(N)CSCc1ccncc1. The minimum absolute atomic E-state index is 0.289. The maximum Gasteiger partial charge on any atom is 0.0270 e. The smallest absolute Gasteiger partial charge is 0.0270 e. The highest BCUT2D eigenvalue weighted by molar-refractivity contribution is 7.98. The molecule has 1 heterocycles. The van der Waals surface area contributed by atoms with Crippen LogP contribution in [0.3, 0.4) is 0 Å². The Balaban J connectivity index is 2.25. The Kier molecular flexibility index (Phi) is 4.11. The van der Waals surface area contributed by atoms with Crippen LogP contribution in [0.2, 0.25) is 0 Å². The fraction of sp³-hybridized carbons (Fsp3) is 0.444. The summed E-state index contributed by atoms with van der Waals surface area (Å²) in [5.41, 5.74) is 6.94. The van der Waals surface area contributed by atoms with Crippen LogP contribution >= 0.6 is 11.8 Å². The maximum atomic E-state index is 5.62. The van der Waals surface area contributed by atoms with E-state index in [9.17, 15) is 0 Å². The lowest BCUT2D eigenvalue weighted by Crippen LogP contribution is -2.17. The van der Waals surface area contributed by atoms with Gasteiger partial charge in [0.2, 0.25) is 0 Å². The highest BCUT2D eigenvalue weighted by Gasteiger charge is 1.95. The van der Waals surface area contributed by atoms with Crippen LogP contribution in [0.4, 0.5) is 0 Å². The highest BCUT2D eigenvalue weighted by atomic mass is 32.2. The zero-order valence-corrected chi connectivity index (χ0v) is 8.05. The van der Waals surface area contributed by atoms with Crippen LogP contribution in [-0.2, 0) is 5.75 Å². The van der Waals surface area contributed by atoms with Crippen LogP contribution < -0.4 is 5.73 Å². The molecule has 66 valence electrons. The Morgan fingerprint density at radius 1 is 1.50 bits per heavy atom. The fourth-order valence-electron chi connectivity index (χ4n) is 0.842. The number of nitrogens with zero attached hydrogens (tertiary/aromatic N) is 1. The molecule has 1 aromatic rings. The third kappa shape index (κ3) is 3.74. The summed E-state index contributed by atoms with van der Waals surface area (Å²) >= 11 is 1.86. The van der Waals surface area contributed by atoms with Crippen LogP contribution in [0.25, 0.3) is 0 Å². The number of pyridine rings is 1. The number of aromatic nitrogens is 1. The molecule has 3 heteroatoms. The van der Waals surface area contributed by atoms with E-state index in [2.05, 4.69) is 4.98 Å². The van der Waals surface area contributed by atoms with E-state index < -0.39 is 0 Å². The molecule has 1 aromatic heterocycles. The van der Waals surface area contributed by atoms with Crippen molar-refractivity contribution in [1.82, 2.24) is 4.98 Å². The minimum Gasteiger partial charge on any atom is -0.327 e. The van der Waals surface area contributed by atoms with E-state index in [0.717, 1.165) is 11.5 Å². The largest absolute Gasteiger partial charge is 0.327 e. The van der Waals surface area contributed by atoms with E-state index >= 15 is 0 Å². The summed E-state index contributed by atoms with van der Waals surface area (Å²) in [5, 5.41) is 0. The molecular weight excluding hydrogens is 168 g/mol. The molecule has 0 aliphatic rings. The van der Waals surface area contributed by atoms with Crippen molar-refractivity contribution in [1.29, 1.82) is 0 Å². The molecule has 0 saturated heterocycles. The van der Waals surface area contributed by atoms with Gasteiger partial charge in [-0.15, -0.1) is 0 Å². The molecule has 1 atom stereocenters. The Morgan fingerprint density at radius 3 is 2.75 bits per heavy atom. The summed E-state index contributed by atoms with van der Waals surface area (Å²) in [6.45, 7) is 2.03. The summed E-state index contributed by atoms with van der Waals surface area (Å²) in [4.78, 5) is 3.95. The zero-order chi connectivity index (χ0) is 8.81. The molecule has 12 heavy (non-hydrogen) atoms. The molecule has 2 N–H and O–H groups in total. The summed E-state index contributed by atoms with van der Waals surface area (Å²) < 4.78 is 0. The predicted molar refractivity (Wildman–Crippen MR) is 54.0 cm³/mol. The molecule has 0 aliphatic carbocycles. The average Bonchev–Trinajstić information content (AvgIpc) is 2.05. The first-order valence-electron chi connectivity index (χ1n) is 4.01. The van der Waals surface area contributed by atoms with E-state index in [1.54, 1.807) is 0 Å². The third-order valence-corrected chi connectivity index (χ3v) is 2.70. The van der Waals surface area contributed by atoms with Crippen molar-refractivity contribution in [2.75, 3.05) is 5.75 Å². The fourth-order valence-corrected chi connectivity index (χ4v) is 1.76. The van der Waals surface area contributed by atoms with E-state index in [1.807, 2.05) is 43.2 Å². The van der Waals surface area contributed by atoms with Crippen LogP contribution in [0.1, 0.15) is 12.5 Å². The summed E-state index contributed by atoms with van der Waals surface area (Å²) in [6, 6.07) is 4.36. The van der Waals surface area contributed by atoms with Gasteiger partial charge in [0.15, 0.2) is 0 Å². The van der Waals surface area contributed by atoms with Gasteiger partial charge in [0, 0.05) is 29.9 Å². The van der Waals surface area contributed by atoms with Gasteiger partial charge in [-0.25, -0.2) is 0 Å². The van der Waals surface area contributed by atoms with Gasteiger partial charge in [0.05, 0.1) is 0 Å². The van der Waals surface area contributed by atoms with Crippen molar-refractivity contribution >= 4 is 11.8 Å².